The minimum atomic E-state index is -4.86. The normalized spacial score (nSPS) is 25.0. The molecule has 5 aromatic rings. The van der Waals surface area contributed by atoms with Crippen LogP contribution in [-0.2, 0) is 29.7 Å². The van der Waals surface area contributed by atoms with E-state index in [9.17, 15) is 45.3 Å². The van der Waals surface area contributed by atoms with Gasteiger partial charge in [-0.15, -0.1) is 0 Å². The second-order valence-corrected chi connectivity index (χ2v) is 28.3. The highest BCUT2D eigenvalue weighted by Gasteiger charge is 2.50. The van der Waals surface area contributed by atoms with Crippen LogP contribution in [0, 0.1) is 21.4 Å². The van der Waals surface area contributed by atoms with Gasteiger partial charge in [0.1, 0.15) is 18.0 Å². The zero-order valence-corrected chi connectivity index (χ0v) is 44.6. The summed E-state index contributed by atoms with van der Waals surface area (Å²) in [6.07, 6.45) is 10.3. The predicted octanol–water partition coefficient (Wildman–Crippen LogP) is 7.78. The lowest BCUT2D eigenvalue weighted by molar-refractivity contribution is -0.384. The highest BCUT2D eigenvalue weighted by molar-refractivity contribution is 7.99. The van der Waals surface area contributed by atoms with Crippen LogP contribution in [0.2, 0.25) is 0 Å². The van der Waals surface area contributed by atoms with Crippen LogP contribution in [0.5, 0.6) is 17.2 Å². The predicted molar refractivity (Wildman–Crippen MR) is 282 cm³/mol. The number of aromatic nitrogens is 2. The van der Waals surface area contributed by atoms with E-state index in [1.54, 1.807) is 31.3 Å². The zero-order valence-electron chi connectivity index (χ0n) is 42.2. The number of H-pyrrole nitrogens is 1. The van der Waals surface area contributed by atoms with Crippen molar-refractivity contribution in [2.45, 2.75) is 130 Å². The Balaban J connectivity index is 0.867. The van der Waals surface area contributed by atoms with Gasteiger partial charge in [0.15, 0.2) is 27.0 Å². The van der Waals surface area contributed by atoms with Crippen molar-refractivity contribution >= 4 is 63.7 Å². The van der Waals surface area contributed by atoms with E-state index in [1.807, 2.05) is 0 Å². The number of aromatic amines is 1. The van der Waals surface area contributed by atoms with Crippen molar-refractivity contribution in [1.82, 2.24) is 19.6 Å². The van der Waals surface area contributed by atoms with Gasteiger partial charge in [-0.25, -0.2) is 35.0 Å². The van der Waals surface area contributed by atoms with E-state index in [0.29, 0.717) is 67.8 Å². The van der Waals surface area contributed by atoms with Crippen molar-refractivity contribution in [1.29, 1.82) is 0 Å². The Morgan fingerprint density at radius 2 is 1.69 bits per heavy atom. The molecule has 1 amide bonds. The largest absolute Gasteiger partial charge is 0.489 e. The van der Waals surface area contributed by atoms with E-state index in [1.165, 1.54) is 29.7 Å². The molecule has 5 fully saturated rings. The first-order valence-electron chi connectivity index (χ1n) is 25.9. The molecule has 4 N–H and O–H groups in total. The van der Waals surface area contributed by atoms with Crippen molar-refractivity contribution in [3.8, 4) is 17.2 Å². The fraction of sp³-hybridized carbons (Fsp3) is 0.509. The van der Waals surface area contributed by atoms with Gasteiger partial charge in [-0.05, 0) is 130 Å². The summed E-state index contributed by atoms with van der Waals surface area (Å²) in [6.45, 7) is 8.80. The summed E-state index contributed by atoms with van der Waals surface area (Å²) in [6, 6.07) is 19.0. The molecule has 1 spiro atoms. The lowest BCUT2D eigenvalue weighted by Gasteiger charge is -2.56. The molecule has 0 unspecified atom stereocenters. The molecule has 6 aliphatic rings. The van der Waals surface area contributed by atoms with Crippen molar-refractivity contribution in [3.63, 3.8) is 0 Å². The molecule has 22 heteroatoms. The monoisotopic (exact) mass is 1090 g/mol. The van der Waals surface area contributed by atoms with Gasteiger partial charge in [0.2, 0.25) is 14.9 Å². The number of nitrogens with zero attached hydrogens (tertiary/aromatic N) is 4. The molecular formula is C53H63N7O12S3. The smallest absolute Gasteiger partial charge is 0.297 e. The number of pyridine rings is 1. The summed E-state index contributed by atoms with van der Waals surface area (Å²) in [5, 5.41) is 24.8. The number of ether oxygens (including phenoxy) is 2. The first-order chi connectivity index (χ1) is 35.6. The Bertz CT molecular complexity index is 3420. The van der Waals surface area contributed by atoms with Crippen molar-refractivity contribution in [3.05, 3.63) is 99.7 Å². The number of nitro groups is 1. The van der Waals surface area contributed by atoms with Crippen LogP contribution in [0.25, 0.3) is 11.0 Å². The van der Waals surface area contributed by atoms with E-state index < -0.39 is 78.5 Å². The number of carbonyl (C=O) groups excluding carboxylic acids is 1. The van der Waals surface area contributed by atoms with E-state index in [-0.39, 0.29) is 58.1 Å². The number of nitrogens with one attached hydrogen (secondary N) is 3. The summed E-state index contributed by atoms with van der Waals surface area (Å²) >= 11 is 0. The molecule has 2 saturated carbocycles. The third-order valence-electron chi connectivity index (χ3n) is 17.0. The number of hydrogen-bond donors (Lipinski definition) is 4. The number of sulfone groups is 2. The lowest BCUT2D eigenvalue weighted by atomic mass is 9.59. The van der Waals surface area contributed by atoms with Gasteiger partial charge in [-0.1, -0.05) is 38.1 Å². The van der Waals surface area contributed by atoms with Crippen LogP contribution in [0.3, 0.4) is 0 Å². The van der Waals surface area contributed by atoms with Gasteiger partial charge in [0.05, 0.1) is 43.8 Å². The Hall–Kier alpha value is -5.81. The fourth-order valence-corrected chi connectivity index (χ4v) is 18.2. The molecule has 19 nitrogen and oxygen atoms in total. The number of rotatable bonds is 13. The molecule has 3 saturated heterocycles. The average Bonchev–Trinajstić information content (AvgIpc) is 4.04. The summed E-state index contributed by atoms with van der Waals surface area (Å²) < 4.78 is 95.5. The van der Waals surface area contributed by atoms with Crippen LogP contribution in [0.15, 0.2) is 82.8 Å². The number of benzene rings is 3. The number of nitro benzene ring substituents is 1. The second kappa shape index (κ2) is 19.0. The maximum atomic E-state index is 14.4. The third kappa shape index (κ3) is 9.85. The molecule has 400 valence electrons. The van der Waals surface area contributed by atoms with Crippen LogP contribution < -0.4 is 24.4 Å². The highest BCUT2D eigenvalue weighted by atomic mass is 32.2. The summed E-state index contributed by atoms with van der Waals surface area (Å²) in [7, 11) is -12.9. The third-order valence-corrected chi connectivity index (χ3v) is 22.6. The SMILES string of the molecule is CC(C)c1ccccc1[C@@H]1CCCN1C1CC2(CCN(c3ccc(C(=O)NS(=O)(=O)c4cc5c(c([N+](=O)[O-])c4)N[C@@H]([C@H]4CC[C@](C)(O)CC4)CO5)c(Oc4cc5cc[nH]c5nc4S(=O)(=O)C4CS(=O)(=O)C4)c3)CC2)C1. The Morgan fingerprint density at radius 3 is 2.40 bits per heavy atom. The highest BCUT2D eigenvalue weighted by Crippen LogP contribution is 2.55. The molecule has 2 aromatic heterocycles. The van der Waals surface area contributed by atoms with Crippen molar-refractivity contribution < 1.29 is 49.6 Å². The first-order valence-corrected chi connectivity index (χ1v) is 30.8. The molecule has 75 heavy (non-hydrogen) atoms. The van der Waals surface area contributed by atoms with E-state index in [0.717, 1.165) is 50.8 Å². The first kappa shape index (κ1) is 51.3. The van der Waals surface area contributed by atoms with Gasteiger partial charge in [0, 0.05) is 60.6 Å². The van der Waals surface area contributed by atoms with Crippen molar-refractivity contribution in [2.75, 3.05) is 48.0 Å². The number of aliphatic hydroxyl groups is 1. The maximum absolute atomic E-state index is 14.4. The molecule has 2 aliphatic carbocycles. The number of piperidine rings is 1. The molecule has 3 aromatic carbocycles. The number of anilines is 2. The molecule has 11 rings (SSSR count). The summed E-state index contributed by atoms with van der Waals surface area (Å²) in [4.78, 5) is 37.8. The van der Waals surface area contributed by atoms with E-state index >= 15 is 0 Å². The van der Waals surface area contributed by atoms with Crippen molar-refractivity contribution in [2.24, 2.45) is 11.3 Å². The number of amides is 1. The lowest BCUT2D eigenvalue weighted by Crippen LogP contribution is -2.54. The van der Waals surface area contributed by atoms with E-state index in [2.05, 4.69) is 67.9 Å². The fourth-order valence-electron chi connectivity index (χ4n) is 12.6. The standard InChI is InChI=1S/C53H63N7O12S3/c1-32(2)39-7-4-5-8-40(39)43-9-6-20-59(43)36-27-53(28-36)17-21-58(22-18-53)35-10-11-41(45(24-35)72-47-23-34-14-19-54-49(34)56-51(47)74(67,68)38-30-73(65,66)31-38)50(61)57-75(69,70)37-25-44(60(63)64)48-46(26-37)71-29-42(55-48)33-12-15-52(3,62)16-13-33/h4-5,7-8,10-11,14,19,23-26,32-33,36,38,42-43,55,62H,6,9,12-13,15-18,20-22,27-31H2,1-3H3,(H,54,56)(H,57,61)/t33-,42-,43+,52-/m1/s1. The number of sulfonamides is 1. The molecule has 4 aliphatic heterocycles. The zero-order chi connectivity index (χ0) is 52.8. The number of hydrogen-bond acceptors (Lipinski definition) is 16. The Kier molecular flexibility index (Phi) is 13.0. The summed E-state index contributed by atoms with van der Waals surface area (Å²) in [5.74, 6) is -2.50. The maximum Gasteiger partial charge on any atom is 0.297 e. The molecule has 6 heterocycles. The van der Waals surface area contributed by atoms with Crippen LogP contribution >= 0.6 is 0 Å². The second-order valence-electron chi connectivity index (χ2n) is 22.4. The number of fused-ring (bicyclic) bond motifs is 2. The molecule has 0 bridgehead atoms. The molecular weight excluding hydrogens is 1020 g/mol. The Morgan fingerprint density at radius 1 is 0.960 bits per heavy atom. The molecule has 0 radical (unpaired) electrons. The minimum absolute atomic E-state index is 0.00707. The summed E-state index contributed by atoms with van der Waals surface area (Å²) in [5.41, 5.74) is 2.18. The van der Waals surface area contributed by atoms with Crippen LogP contribution in [0.1, 0.15) is 118 Å². The van der Waals surface area contributed by atoms with Gasteiger partial charge in [-0.3, -0.25) is 19.8 Å². The van der Waals surface area contributed by atoms with E-state index in [4.69, 9.17) is 9.47 Å². The Labute approximate surface area is 436 Å². The number of likely N-dealkylation sites (tertiary alicyclic amines) is 1. The van der Waals surface area contributed by atoms with Crippen LogP contribution in [0.4, 0.5) is 17.1 Å². The van der Waals surface area contributed by atoms with Gasteiger partial charge >= 0.3 is 0 Å². The van der Waals surface area contributed by atoms with Gasteiger partial charge in [-0.2, -0.15) is 0 Å². The van der Waals surface area contributed by atoms with Crippen LogP contribution in [-0.4, -0.2) is 117 Å². The number of carbonyl (C=O) groups is 1. The average molecular weight is 1090 g/mol. The van der Waals surface area contributed by atoms with Gasteiger partial charge < -0.3 is 29.8 Å². The minimum Gasteiger partial charge on any atom is -0.489 e. The van der Waals surface area contributed by atoms with Gasteiger partial charge in [0.25, 0.3) is 21.6 Å². The molecule has 2 atom stereocenters. The quantitative estimate of drug-likeness (QED) is 0.0648. The topological polar surface area (TPSA) is 261 Å².